The largest absolute Gasteiger partial charge is 0.490 e. The van der Waals surface area contributed by atoms with Gasteiger partial charge in [0.25, 0.3) is 11.5 Å². The first-order valence-electron chi connectivity index (χ1n) is 10.6. The molecule has 14 heteroatoms. The lowest BCUT2D eigenvalue weighted by Crippen LogP contribution is -2.46. The number of nitrogens with zero attached hydrogens (tertiary/aromatic N) is 2. The van der Waals surface area contributed by atoms with E-state index in [1.165, 1.54) is 0 Å². The number of rotatable bonds is 8. The van der Waals surface area contributed by atoms with Crippen molar-refractivity contribution < 1.29 is 27.8 Å². The summed E-state index contributed by atoms with van der Waals surface area (Å²) in [5, 5.41) is 13.4. The topological polar surface area (TPSA) is 117 Å². The van der Waals surface area contributed by atoms with Gasteiger partial charge in [-0.05, 0) is 25.0 Å². The highest BCUT2D eigenvalue weighted by atomic mass is 35.5. The number of piperidine rings is 1. The van der Waals surface area contributed by atoms with Crippen LogP contribution in [0, 0.1) is 0 Å². The molecule has 0 spiro atoms. The summed E-state index contributed by atoms with van der Waals surface area (Å²) in [5.74, 6) is -0.477. The van der Waals surface area contributed by atoms with E-state index in [1.54, 1.807) is 23.2 Å². The molecule has 1 aliphatic heterocycles. The maximum Gasteiger partial charge on any atom is 0.406 e. The predicted octanol–water partition coefficient (Wildman–Crippen LogP) is 2.04. The lowest BCUT2D eigenvalue weighted by molar-refractivity contribution is -0.141. The Bertz CT molecular complexity index is 1160. The molecule has 1 aromatic heterocycles. The molecule has 0 bridgehead atoms. The summed E-state index contributed by atoms with van der Waals surface area (Å²) in [6, 6.07) is 5.61. The maximum absolute atomic E-state index is 12.8. The molecule has 35 heavy (non-hydrogen) atoms. The first-order valence-corrected chi connectivity index (χ1v) is 11.4. The molecule has 1 aliphatic rings. The Morgan fingerprint density at radius 3 is 2.51 bits per heavy atom. The number of likely N-dealkylation sites (tertiary alicyclic amines) is 1. The smallest absolute Gasteiger partial charge is 0.406 e. The summed E-state index contributed by atoms with van der Waals surface area (Å²) in [4.78, 5) is 39.3. The van der Waals surface area contributed by atoms with Crippen LogP contribution in [0.15, 0.2) is 33.9 Å². The number of hydrogen-bond acceptors (Lipinski definition) is 6. The Morgan fingerprint density at radius 1 is 1.20 bits per heavy atom. The Labute approximate surface area is 207 Å². The highest BCUT2D eigenvalue weighted by Gasteiger charge is 2.31. The van der Waals surface area contributed by atoms with Crippen molar-refractivity contribution in [3.05, 3.63) is 60.8 Å². The van der Waals surface area contributed by atoms with Gasteiger partial charge in [-0.25, -0.2) is 4.79 Å². The standard InChI is InChI=1S/C21H23Cl2F3N4O5/c22-15-2-1-14(7-16(15)23)35-13-3-5-29(6-4-13)10-12(31)9-27-19(33)17-8-18(32)28-20(34)30(17)11-21(24,25)26/h1-2,7-8,12-13,31H,3-6,9-11H2,(H,27,33)(H,28,32,34). The zero-order chi connectivity index (χ0) is 25.8. The van der Waals surface area contributed by atoms with Crippen LogP contribution >= 0.6 is 23.2 Å². The number of alkyl halides is 3. The Hall–Kier alpha value is -2.54. The fourth-order valence-electron chi connectivity index (χ4n) is 3.66. The van der Waals surface area contributed by atoms with E-state index in [0.717, 1.165) is 0 Å². The molecule has 2 heterocycles. The molecular weight excluding hydrogens is 516 g/mol. The zero-order valence-corrected chi connectivity index (χ0v) is 19.8. The van der Waals surface area contributed by atoms with Crippen molar-refractivity contribution in [2.75, 3.05) is 26.2 Å². The van der Waals surface area contributed by atoms with Crippen LogP contribution in [0.5, 0.6) is 5.75 Å². The van der Waals surface area contributed by atoms with Crippen LogP contribution < -0.4 is 21.3 Å². The Kier molecular flexibility index (Phi) is 8.86. The summed E-state index contributed by atoms with van der Waals surface area (Å²) in [7, 11) is 0. The Balaban J connectivity index is 1.49. The zero-order valence-electron chi connectivity index (χ0n) is 18.3. The van der Waals surface area contributed by atoms with Gasteiger partial charge < -0.3 is 20.1 Å². The second-order valence-corrected chi connectivity index (χ2v) is 8.90. The van der Waals surface area contributed by atoms with Crippen LogP contribution in [0.4, 0.5) is 13.2 Å². The molecule has 1 aromatic carbocycles. The molecule has 1 atom stereocenters. The summed E-state index contributed by atoms with van der Waals surface area (Å²) in [6.07, 6.45) is -4.52. The van der Waals surface area contributed by atoms with Gasteiger partial charge in [0.15, 0.2) is 0 Å². The average Bonchev–Trinajstić information content (AvgIpc) is 2.77. The minimum absolute atomic E-state index is 0.0538. The van der Waals surface area contributed by atoms with Crippen molar-refractivity contribution in [3.63, 3.8) is 0 Å². The van der Waals surface area contributed by atoms with Gasteiger partial charge >= 0.3 is 11.9 Å². The molecule has 0 aliphatic carbocycles. The van der Waals surface area contributed by atoms with Gasteiger partial charge in [0.1, 0.15) is 24.1 Å². The number of nitrogens with one attached hydrogen (secondary N) is 2. The maximum atomic E-state index is 12.8. The van der Waals surface area contributed by atoms with Gasteiger partial charge in [-0.3, -0.25) is 19.1 Å². The summed E-state index contributed by atoms with van der Waals surface area (Å²) in [6.45, 7) is -0.616. The number of aliphatic hydroxyl groups excluding tert-OH is 1. The summed E-state index contributed by atoms with van der Waals surface area (Å²) < 4.78 is 44.4. The molecule has 3 rings (SSSR count). The van der Waals surface area contributed by atoms with Gasteiger partial charge in [0.2, 0.25) is 0 Å². The monoisotopic (exact) mass is 538 g/mol. The number of aromatic amines is 1. The number of benzene rings is 1. The van der Waals surface area contributed by atoms with Crippen LogP contribution in [0.25, 0.3) is 0 Å². The number of carbonyl (C=O) groups is 1. The van der Waals surface area contributed by atoms with E-state index in [1.807, 2.05) is 4.90 Å². The molecule has 2 aromatic rings. The number of hydrogen-bond donors (Lipinski definition) is 3. The normalized spacial score (nSPS) is 16.2. The van der Waals surface area contributed by atoms with E-state index in [2.05, 4.69) is 5.32 Å². The van der Waals surface area contributed by atoms with E-state index in [9.17, 15) is 32.7 Å². The van der Waals surface area contributed by atoms with Gasteiger partial charge in [-0.1, -0.05) is 23.2 Å². The number of halogens is 5. The number of amides is 1. The Morgan fingerprint density at radius 2 is 1.89 bits per heavy atom. The van der Waals surface area contributed by atoms with E-state index in [-0.39, 0.29) is 23.8 Å². The van der Waals surface area contributed by atoms with E-state index in [0.29, 0.717) is 47.8 Å². The number of ether oxygens (including phenoxy) is 1. The van der Waals surface area contributed by atoms with Crippen LogP contribution in [-0.4, -0.2) is 70.0 Å². The van der Waals surface area contributed by atoms with Gasteiger partial charge in [0, 0.05) is 38.3 Å². The van der Waals surface area contributed by atoms with E-state index < -0.39 is 41.7 Å². The lowest BCUT2D eigenvalue weighted by Gasteiger charge is -2.33. The van der Waals surface area contributed by atoms with Gasteiger partial charge in [-0.15, -0.1) is 0 Å². The van der Waals surface area contributed by atoms with E-state index in [4.69, 9.17) is 27.9 Å². The second kappa shape index (κ2) is 11.5. The molecule has 192 valence electrons. The minimum Gasteiger partial charge on any atom is -0.490 e. The number of β-amino-alcohol motifs (C(OH)–C–C–N with tert-alkyl or cyclic N) is 1. The molecule has 0 radical (unpaired) electrons. The third kappa shape index (κ3) is 7.99. The fraction of sp³-hybridized carbons (Fsp3) is 0.476. The third-order valence-corrected chi connectivity index (χ3v) is 6.04. The summed E-state index contributed by atoms with van der Waals surface area (Å²) in [5.41, 5.74) is -3.11. The first-order chi connectivity index (χ1) is 16.4. The molecular formula is C21H23Cl2F3N4O5. The van der Waals surface area contributed by atoms with Gasteiger partial charge in [0.05, 0.1) is 16.1 Å². The van der Waals surface area contributed by atoms with Crippen molar-refractivity contribution in [1.29, 1.82) is 0 Å². The van der Waals surface area contributed by atoms with Gasteiger partial charge in [-0.2, -0.15) is 13.2 Å². The number of H-pyrrole nitrogens is 1. The molecule has 0 saturated carbocycles. The second-order valence-electron chi connectivity index (χ2n) is 8.08. The SMILES string of the molecule is O=C(NCC(O)CN1CCC(Oc2ccc(Cl)c(Cl)c2)CC1)c1cc(=O)[nH]c(=O)n1CC(F)(F)F. The molecule has 9 nitrogen and oxygen atoms in total. The molecule has 1 unspecified atom stereocenters. The van der Waals surface area contributed by atoms with Crippen LogP contribution in [0.2, 0.25) is 10.0 Å². The number of carbonyl (C=O) groups excluding carboxylic acids is 1. The highest BCUT2D eigenvalue weighted by molar-refractivity contribution is 6.42. The van der Waals surface area contributed by atoms with Crippen molar-refractivity contribution >= 4 is 29.1 Å². The minimum atomic E-state index is -4.79. The molecule has 1 saturated heterocycles. The molecule has 3 N–H and O–H groups in total. The van der Waals surface area contributed by atoms with Crippen LogP contribution in [0.1, 0.15) is 23.3 Å². The summed E-state index contributed by atoms with van der Waals surface area (Å²) >= 11 is 11.9. The predicted molar refractivity (Wildman–Crippen MR) is 122 cm³/mol. The first kappa shape index (κ1) is 27.1. The molecule has 1 fully saturated rings. The van der Waals surface area contributed by atoms with Crippen molar-refractivity contribution in [1.82, 2.24) is 19.8 Å². The van der Waals surface area contributed by atoms with E-state index >= 15 is 0 Å². The lowest BCUT2D eigenvalue weighted by atomic mass is 10.1. The van der Waals surface area contributed by atoms with Crippen molar-refractivity contribution in [3.8, 4) is 5.75 Å². The fourth-order valence-corrected chi connectivity index (χ4v) is 3.95. The third-order valence-electron chi connectivity index (χ3n) is 5.30. The van der Waals surface area contributed by atoms with Crippen LogP contribution in [0.3, 0.4) is 0 Å². The van der Waals surface area contributed by atoms with Crippen molar-refractivity contribution in [2.45, 2.75) is 37.8 Å². The number of aromatic nitrogens is 2. The average molecular weight is 539 g/mol. The van der Waals surface area contributed by atoms with Crippen molar-refractivity contribution in [2.24, 2.45) is 0 Å². The van der Waals surface area contributed by atoms with Crippen LogP contribution in [-0.2, 0) is 6.54 Å². The molecule has 1 amide bonds. The number of aliphatic hydroxyl groups is 1. The quantitative estimate of drug-likeness (QED) is 0.473. The highest BCUT2D eigenvalue weighted by Crippen LogP contribution is 2.28.